The highest BCUT2D eigenvalue weighted by molar-refractivity contribution is 9.10. The van der Waals surface area contributed by atoms with Crippen molar-refractivity contribution in [1.82, 2.24) is 0 Å². The molecule has 3 aromatic rings. The van der Waals surface area contributed by atoms with Crippen LogP contribution in [0.25, 0.3) is 0 Å². The summed E-state index contributed by atoms with van der Waals surface area (Å²) in [6.07, 6.45) is 2.53. The molecule has 0 radical (unpaired) electrons. The number of rotatable bonds is 8. The maximum absolute atomic E-state index is 5.34. The molecule has 0 spiro atoms. The molecule has 4 heteroatoms. The van der Waals surface area contributed by atoms with E-state index >= 15 is 0 Å². The summed E-state index contributed by atoms with van der Waals surface area (Å²) in [5.74, 6) is 1.61. The van der Waals surface area contributed by atoms with Crippen molar-refractivity contribution in [3.8, 4) is 5.75 Å². The van der Waals surface area contributed by atoms with Crippen molar-refractivity contribution in [3.63, 3.8) is 0 Å². The standard InChI is InChI=1S/C27H33BrNOP/c1-20(18-27(2,3)4)19-31-26-16-12-24(13-17-26)29(22-8-6-21(28)7-9-22)23-10-14-25(30-5)15-11-23/h6-17,20,31H,18-19H2,1-5H3. The molecule has 164 valence electrons. The van der Waals surface area contributed by atoms with Gasteiger partial charge in [-0.15, -0.1) is 0 Å². The molecule has 3 rings (SSSR count). The minimum absolute atomic E-state index is 0.400. The predicted molar refractivity (Wildman–Crippen MR) is 141 cm³/mol. The first kappa shape index (κ1) is 23.8. The first-order valence-electron chi connectivity index (χ1n) is 10.8. The molecule has 0 heterocycles. The second kappa shape index (κ2) is 10.7. The van der Waals surface area contributed by atoms with Crippen LogP contribution in [0.4, 0.5) is 17.1 Å². The summed E-state index contributed by atoms with van der Waals surface area (Å²) in [6.45, 7) is 9.37. The van der Waals surface area contributed by atoms with E-state index in [9.17, 15) is 0 Å². The average Bonchev–Trinajstić information content (AvgIpc) is 2.74. The number of anilines is 3. The highest BCUT2D eigenvalue weighted by Gasteiger charge is 2.16. The van der Waals surface area contributed by atoms with E-state index in [1.54, 1.807) is 7.11 Å². The molecule has 0 fully saturated rings. The third-order valence-electron chi connectivity index (χ3n) is 5.16. The lowest BCUT2D eigenvalue weighted by atomic mass is 9.86. The van der Waals surface area contributed by atoms with Gasteiger partial charge in [-0.2, -0.15) is 0 Å². The summed E-state index contributed by atoms with van der Waals surface area (Å²) in [5.41, 5.74) is 3.79. The Kier molecular flexibility index (Phi) is 8.19. The van der Waals surface area contributed by atoms with Crippen molar-refractivity contribution in [2.75, 3.05) is 18.2 Å². The van der Waals surface area contributed by atoms with Gasteiger partial charge in [0.2, 0.25) is 0 Å². The summed E-state index contributed by atoms with van der Waals surface area (Å²) < 4.78 is 6.42. The van der Waals surface area contributed by atoms with Gasteiger partial charge in [-0.05, 0) is 89.9 Å². The number of methoxy groups -OCH3 is 1. The lowest BCUT2D eigenvalue weighted by Crippen LogP contribution is -2.13. The highest BCUT2D eigenvalue weighted by Crippen LogP contribution is 2.36. The first-order valence-corrected chi connectivity index (χ1v) is 12.8. The molecule has 0 N–H and O–H groups in total. The second-order valence-corrected chi connectivity index (χ2v) is 11.6. The molecule has 31 heavy (non-hydrogen) atoms. The van der Waals surface area contributed by atoms with Gasteiger partial charge in [0, 0.05) is 21.5 Å². The average molecular weight is 498 g/mol. The van der Waals surface area contributed by atoms with Crippen LogP contribution in [0.15, 0.2) is 77.3 Å². The van der Waals surface area contributed by atoms with Crippen LogP contribution in [0.3, 0.4) is 0 Å². The van der Waals surface area contributed by atoms with Crippen LogP contribution in [-0.4, -0.2) is 13.3 Å². The summed E-state index contributed by atoms with van der Waals surface area (Å²) in [6, 6.07) is 25.7. The van der Waals surface area contributed by atoms with E-state index in [2.05, 4.69) is 109 Å². The Morgan fingerprint density at radius 1 is 0.839 bits per heavy atom. The van der Waals surface area contributed by atoms with Gasteiger partial charge in [0.1, 0.15) is 5.75 Å². The molecule has 3 aromatic carbocycles. The van der Waals surface area contributed by atoms with Gasteiger partial charge in [0.05, 0.1) is 7.11 Å². The summed E-state index contributed by atoms with van der Waals surface area (Å²) in [4.78, 5) is 2.28. The van der Waals surface area contributed by atoms with Crippen LogP contribution in [-0.2, 0) is 0 Å². The van der Waals surface area contributed by atoms with Crippen LogP contribution in [0.1, 0.15) is 34.1 Å². The van der Waals surface area contributed by atoms with Crippen LogP contribution in [0.5, 0.6) is 5.75 Å². The molecule has 0 bridgehead atoms. The SMILES string of the molecule is COc1ccc(N(c2ccc(Br)cc2)c2ccc(PCC(C)CC(C)(C)C)cc2)cc1. The predicted octanol–water partition coefficient (Wildman–Crippen LogP) is 8.30. The van der Waals surface area contributed by atoms with Gasteiger partial charge in [-0.3, -0.25) is 0 Å². The van der Waals surface area contributed by atoms with Crippen LogP contribution >= 0.6 is 24.5 Å². The van der Waals surface area contributed by atoms with E-state index < -0.39 is 0 Å². The number of benzene rings is 3. The van der Waals surface area contributed by atoms with Crippen LogP contribution in [0.2, 0.25) is 0 Å². The quantitative estimate of drug-likeness (QED) is 0.290. The topological polar surface area (TPSA) is 12.5 Å². The number of hydrogen-bond acceptors (Lipinski definition) is 2. The molecule has 2 atom stereocenters. The maximum atomic E-state index is 5.34. The minimum atomic E-state index is 0.400. The molecule has 0 amide bonds. The summed E-state index contributed by atoms with van der Waals surface area (Å²) >= 11 is 3.55. The fourth-order valence-electron chi connectivity index (χ4n) is 3.91. The number of nitrogens with zero attached hydrogens (tertiary/aromatic N) is 1. The van der Waals surface area contributed by atoms with E-state index in [-0.39, 0.29) is 0 Å². The Morgan fingerprint density at radius 2 is 1.32 bits per heavy atom. The van der Waals surface area contributed by atoms with Crippen molar-refractivity contribution < 1.29 is 4.74 Å². The largest absolute Gasteiger partial charge is 0.497 e. The molecule has 0 saturated carbocycles. The van der Waals surface area contributed by atoms with Gasteiger partial charge in [0.25, 0.3) is 0 Å². The molecule has 0 aliphatic heterocycles. The van der Waals surface area contributed by atoms with Gasteiger partial charge in [-0.1, -0.05) is 64.3 Å². The zero-order chi connectivity index (χ0) is 22.4. The van der Waals surface area contributed by atoms with Crippen molar-refractivity contribution in [2.45, 2.75) is 34.1 Å². The van der Waals surface area contributed by atoms with Crippen LogP contribution in [0, 0.1) is 11.3 Å². The monoisotopic (exact) mass is 497 g/mol. The van der Waals surface area contributed by atoms with Crippen LogP contribution < -0.4 is 14.9 Å². The molecule has 0 aliphatic rings. The molecule has 2 nitrogen and oxygen atoms in total. The normalized spacial score (nSPS) is 12.8. The van der Waals surface area contributed by atoms with Gasteiger partial charge < -0.3 is 9.64 Å². The third-order valence-corrected chi connectivity index (χ3v) is 7.33. The molecular formula is C27H33BrNOP. The van der Waals surface area contributed by atoms with E-state index in [1.165, 1.54) is 17.9 Å². The van der Waals surface area contributed by atoms with Crippen molar-refractivity contribution in [2.24, 2.45) is 11.3 Å². The highest BCUT2D eigenvalue weighted by atomic mass is 79.9. The maximum Gasteiger partial charge on any atom is 0.119 e. The van der Waals surface area contributed by atoms with Gasteiger partial charge in [0.15, 0.2) is 0 Å². The lowest BCUT2D eigenvalue weighted by molar-refractivity contribution is 0.323. The van der Waals surface area contributed by atoms with Gasteiger partial charge >= 0.3 is 0 Å². The van der Waals surface area contributed by atoms with Crippen molar-refractivity contribution in [1.29, 1.82) is 0 Å². The fraction of sp³-hybridized carbons (Fsp3) is 0.333. The molecule has 0 aromatic heterocycles. The Hall–Kier alpha value is -1.83. The summed E-state index contributed by atoms with van der Waals surface area (Å²) in [5, 5.41) is 1.43. The van der Waals surface area contributed by atoms with E-state index in [4.69, 9.17) is 4.74 Å². The Labute approximate surface area is 197 Å². The van der Waals surface area contributed by atoms with Crippen molar-refractivity contribution in [3.05, 3.63) is 77.3 Å². The first-order chi connectivity index (χ1) is 14.7. The number of hydrogen-bond donors (Lipinski definition) is 0. The number of ether oxygens (including phenoxy) is 1. The second-order valence-electron chi connectivity index (χ2n) is 9.31. The lowest BCUT2D eigenvalue weighted by Gasteiger charge is -2.26. The molecule has 0 aliphatic carbocycles. The van der Waals surface area contributed by atoms with E-state index in [1.807, 2.05) is 12.1 Å². The van der Waals surface area contributed by atoms with E-state index in [0.29, 0.717) is 5.41 Å². The zero-order valence-corrected chi connectivity index (χ0v) is 21.7. The number of halogens is 1. The Balaban J connectivity index is 1.81. The molecule has 0 saturated heterocycles. The smallest absolute Gasteiger partial charge is 0.119 e. The molecule has 2 unspecified atom stereocenters. The Morgan fingerprint density at radius 3 is 1.81 bits per heavy atom. The zero-order valence-electron chi connectivity index (χ0n) is 19.2. The molecular weight excluding hydrogens is 465 g/mol. The van der Waals surface area contributed by atoms with Crippen molar-refractivity contribution >= 4 is 46.9 Å². The van der Waals surface area contributed by atoms with Gasteiger partial charge in [-0.25, -0.2) is 0 Å². The van der Waals surface area contributed by atoms with E-state index in [0.717, 1.165) is 41.8 Å². The Bertz CT molecular complexity index is 947. The third kappa shape index (κ3) is 7.09. The minimum Gasteiger partial charge on any atom is -0.497 e. The fourth-order valence-corrected chi connectivity index (χ4v) is 5.30. The summed E-state index contributed by atoms with van der Waals surface area (Å²) in [7, 11) is 2.55.